The van der Waals surface area contributed by atoms with Crippen LogP contribution in [0.25, 0.3) is 6.08 Å². The van der Waals surface area contributed by atoms with Gasteiger partial charge in [-0.1, -0.05) is 32.9 Å². The van der Waals surface area contributed by atoms with Crippen LogP contribution in [-0.2, 0) is 10.2 Å². The molecule has 5 heteroatoms. The van der Waals surface area contributed by atoms with Crippen LogP contribution >= 0.6 is 0 Å². The maximum atomic E-state index is 12.3. The number of rotatable bonds is 4. The molecule has 0 aliphatic carbocycles. The van der Waals surface area contributed by atoms with Crippen LogP contribution in [0, 0.1) is 0 Å². The van der Waals surface area contributed by atoms with Crippen molar-refractivity contribution < 1.29 is 14.0 Å². The molecule has 0 unspecified atom stereocenters. The number of hydrogen-bond acceptors (Lipinski definition) is 3. The Morgan fingerprint density at radius 2 is 1.78 bits per heavy atom. The van der Waals surface area contributed by atoms with Crippen molar-refractivity contribution in [1.29, 1.82) is 0 Å². The monoisotopic (exact) mass is 312 g/mol. The summed E-state index contributed by atoms with van der Waals surface area (Å²) in [6, 6.07) is 10.6. The van der Waals surface area contributed by atoms with E-state index in [-0.39, 0.29) is 11.1 Å². The van der Waals surface area contributed by atoms with E-state index in [0.29, 0.717) is 11.3 Å². The van der Waals surface area contributed by atoms with E-state index >= 15 is 0 Å². The van der Waals surface area contributed by atoms with Gasteiger partial charge in [0, 0.05) is 11.6 Å². The maximum absolute atomic E-state index is 12.3. The lowest BCUT2D eigenvalue weighted by Crippen LogP contribution is -2.31. The van der Waals surface area contributed by atoms with Gasteiger partial charge in [0.15, 0.2) is 0 Å². The summed E-state index contributed by atoms with van der Waals surface area (Å²) in [5, 5.41) is 2.52. The van der Waals surface area contributed by atoms with E-state index in [1.165, 1.54) is 12.3 Å². The first kappa shape index (κ1) is 16.5. The van der Waals surface area contributed by atoms with Crippen molar-refractivity contribution in [3.63, 3.8) is 0 Å². The molecule has 1 aromatic heterocycles. The summed E-state index contributed by atoms with van der Waals surface area (Å²) in [5.41, 5.74) is 6.85. The number of amides is 2. The van der Waals surface area contributed by atoms with Gasteiger partial charge in [0.2, 0.25) is 0 Å². The minimum atomic E-state index is -0.735. The maximum Gasteiger partial charge on any atom is 0.265 e. The van der Waals surface area contributed by atoms with E-state index in [4.69, 9.17) is 10.2 Å². The predicted octanol–water partition coefficient (Wildman–Crippen LogP) is 2.83. The van der Waals surface area contributed by atoms with Gasteiger partial charge in [-0.3, -0.25) is 9.59 Å². The second-order valence-electron chi connectivity index (χ2n) is 6.22. The van der Waals surface area contributed by atoms with Gasteiger partial charge in [0.1, 0.15) is 11.5 Å². The number of carbonyl (C=O) groups is 2. The zero-order valence-corrected chi connectivity index (χ0v) is 13.4. The zero-order chi connectivity index (χ0) is 17.0. The highest BCUT2D eigenvalue weighted by Crippen LogP contribution is 2.22. The lowest BCUT2D eigenvalue weighted by atomic mass is 9.87. The molecule has 3 N–H and O–H groups in total. The van der Waals surface area contributed by atoms with Gasteiger partial charge in [-0.2, -0.15) is 0 Å². The minimum Gasteiger partial charge on any atom is -0.465 e. The van der Waals surface area contributed by atoms with E-state index in [1.807, 2.05) is 12.1 Å². The summed E-state index contributed by atoms with van der Waals surface area (Å²) in [6.45, 7) is 6.29. The van der Waals surface area contributed by atoms with Gasteiger partial charge in [0.25, 0.3) is 11.8 Å². The van der Waals surface area contributed by atoms with Crippen LogP contribution in [0.5, 0.6) is 0 Å². The number of nitrogens with two attached hydrogens (primary N) is 1. The quantitative estimate of drug-likeness (QED) is 0.851. The molecule has 2 aromatic rings. The molecule has 1 heterocycles. The zero-order valence-electron chi connectivity index (χ0n) is 13.4. The largest absolute Gasteiger partial charge is 0.465 e. The average Bonchev–Trinajstić information content (AvgIpc) is 2.98. The van der Waals surface area contributed by atoms with Crippen LogP contribution in [0.3, 0.4) is 0 Å². The summed E-state index contributed by atoms with van der Waals surface area (Å²) in [7, 11) is 0. The van der Waals surface area contributed by atoms with E-state index in [1.54, 1.807) is 24.3 Å². The second-order valence-corrected chi connectivity index (χ2v) is 6.22. The first-order valence-corrected chi connectivity index (χ1v) is 7.24. The molecule has 0 fully saturated rings. The van der Waals surface area contributed by atoms with Gasteiger partial charge in [-0.05, 0) is 35.2 Å². The van der Waals surface area contributed by atoms with Crippen LogP contribution in [0.2, 0.25) is 0 Å². The summed E-state index contributed by atoms with van der Waals surface area (Å²) in [5.74, 6) is -0.703. The second kappa shape index (κ2) is 6.52. The van der Waals surface area contributed by atoms with Gasteiger partial charge in [-0.25, -0.2) is 0 Å². The lowest BCUT2D eigenvalue weighted by molar-refractivity contribution is -0.114. The summed E-state index contributed by atoms with van der Waals surface area (Å²) in [6.07, 6.45) is 2.86. The summed E-state index contributed by atoms with van der Waals surface area (Å²) in [4.78, 5) is 23.7. The van der Waals surface area contributed by atoms with Gasteiger partial charge in [-0.15, -0.1) is 0 Å². The van der Waals surface area contributed by atoms with Crippen molar-refractivity contribution in [2.24, 2.45) is 5.73 Å². The molecular weight excluding hydrogens is 292 g/mol. The minimum absolute atomic E-state index is 0.00653. The molecule has 0 aliphatic rings. The number of furan rings is 1. The number of carbonyl (C=O) groups excluding carboxylic acids is 2. The highest BCUT2D eigenvalue weighted by molar-refractivity contribution is 6.04. The van der Waals surface area contributed by atoms with E-state index in [0.717, 1.165) is 5.56 Å². The molecule has 2 rings (SSSR count). The molecule has 2 amide bonds. The molecule has 23 heavy (non-hydrogen) atoms. The fourth-order valence-corrected chi connectivity index (χ4v) is 2.00. The number of nitrogens with one attached hydrogen (secondary N) is 1. The lowest BCUT2D eigenvalue weighted by Gasteiger charge is -2.19. The third-order valence-corrected chi connectivity index (χ3v) is 3.36. The van der Waals surface area contributed by atoms with Crippen LogP contribution in [0.4, 0.5) is 0 Å². The van der Waals surface area contributed by atoms with E-state index in [9.17, 15) is 9.59 Å². The molecule has 0 spiro atoms. The van der Waals surface area contributed by atoms with Crippen LogP contribution in [0.15, 0.2) is 52.8 Å². The molecule has 0 saturated carbocycles. The fourth-order valence-electron chi connectivity index (χ4n) is 2.00. The molecule has 0 bridgehead atoms. The third kappa shape index (κ3) is 4.32. The number of benzene rings is 1. The molecule has 0 saturated heterocycles. The smallest absolute Gasteiger partial charge is 0.265 e. The Balaban J connectivity index is 2.18. The van der Waals surface area contributed by atoms with Gasteiger partial charge in [0.05, 0.1) is 6.26 Å². The van der Waals surface area contributed by atoms with Gasteiger partial charge >= 0.3 is 0 Å². The van der Waals surface area contributed by atoms with E-state index in [2.05, 4.69) is 26.1 Å². The normalized spacial score (nSPS) is 12.0. The van der Waals surface area contributed by atoms with E-state index < -0.39 is 11.8 Å². The molecule has 120 valence electrons. The topological polar surface area (TPSA) is 85.3 Å². The van der Waals surface area contributed by atoms with Crippen molar-refractivity contribution in [2.75, 3.05) is 0 Å². The fraction of sp³-hybridized carbons (Fsp3) is 0.222. The third-order valence-electron chi connectivity index (χ3n) is 3.36. The Labute approximate surface area is 135 Å². The van der Waals surface area contributed by atoms with Crippen LogP contribution < -0.4 is 11.1 Å². The first-order chi connectivity index (χ1) is 10.8. The number of primary amides is 1. The van der Waals surface area contributed by atoms with Crippen molar-refractivity contribution >= 4 is 17.9 Å². The van der Waals surface area contributed by atoms with Crippen LogP contribution in [-0.4, -0.2) is 11.8 Å². The first-order valence-electron chi connectivity index (χ1n) is 7.24. The van der Waals surface area contributed by atoms with Crippen LogP contribution in [0.1, 0.15) is 42.5 Å². The SMILES string of the molecule is CC(C)(C)c1ccc(C(=O)NC(=Cc2ccco2)C(N)=O)cc1. The Hall–Kier alpha value is -2.82. The van der Waals surface area contributed by atoms with Crippen molar-refractivity contribution in [2.45, 2.75) is 26.2 Å². The molecule has 0 aliphatic heterocycles. The molecule has 0 atom stereocenters. The average molecular weight is 312 g/mol. The summed E-state index contributed by atoms with van der Waals surface area (Å²) >= 11 is 0. The highest BCUT2D eigenvalue weighted by atomic mass is 16.3. The Bertz CT molecular complexity index is 721. The van der Waals surface area contributed by atoms with Crippen molar-refractivity contribution in [3.8, 4) is 0 Å². The Morgan fingerprint density at radius 1 is 1.13 bits per heavy atom. The molecule has 0 radical (unpaired) electrons. The summed E-state index contributed by atoms with van der Waals surface area (Å²) < 4.78 is 5.12. The highest BCUT2D eigenvalue weighted by Gasteiger charge is 2.16. The number of hydrogen-bond donors (Lipinski definition) is 2. The molecular formula is C18H20N2O3. The Kier molecular flexibility index (Phi) is 4.69. The molecule has 1 aromatic carbocycles. The van der Waals surface area contributed by atoms with Crippen molar-refractivity contribution in [1.82, 2.24) is 5.32 Å². The van der Waals surface area contributed by atoms with Crippen molar-refractivity contribution in [3.05, 3.63) is 65.2 Å². The predicted molar refractivity (Wildman–Crippen MR) is 88.5 cm³/mol. The molecule has 5 nitrogen and oxygen atoms in total. The Morgan fingerprint density at radius 3 is 2.26 bits per heavy atom. The standard InChI is InChI=1S/C18H20N2O3/c1-18(2,3)13-8-6-12(7-9-13)17(22)20-15(16(19)21)11-14-5-4-10-23-14/h4-11H,1-3H3,(H2,19,21)(H,20,22). The van der Waals surface area contributed by atoms with Gasteiger partial charge < -0.3 is 15.5 Å².